The van der Waals surface area contributed by atoms with Gasteiger partial charge in [-0.05, 0) is 35.4 Å². The monoisotopic (exact) mass is 444 g/mol. The van der Waals surface area contributed by atoms with Crippen molar-refractivity contribution < 1.29 is 29.1 Å². The fraction of sp³-hybridized carbons (Fsp3) is 0.304. The Morgan fingerprint density at radius 1 is 1.13 bits per heavy atom. The highest BCUT2D eigenvalue weighted by Crippen LogP contribution is 2.40. The van der Waals surface area contributed by atoms with Gasteiger partial charge in [0.05, 0.1) is 52.5 Å². The van der Waals surface area contributed by atoms with E-state index >= 15 is 0 Å². The van der Waals surface area contributed by atoms with Crippen molar-refractivity contribution in [3.8, 4) is 11.5 Å². The number of quaternary nitrogens is 1. The van der Waals surface area contributed by atoms with Crippen molar-refractivity contribution in [1.82, 2.24) is 4.90 Å². The molecular formula is C23H25ClN2O5. The Kier molecular flexibility index (Phi) is 6.87. The molecule has 2 aromatic rings. The maximum Gasteiger partial charge on any atom is 0.295 e. The van der Waals surface area contributed by atoms with Gasteiger partial charge in [-0.2, -0.15) is 0 Å². The minimum Gasteiger partial charge on any atom is -0.872 e. The first-order valence-electron chi connectivity index (χ1n) is 9.81. The third-order valence-corrected chi connectivity index (χ3v) is 5.50. The molecule has 1 amide bonds. The summed E-state index contributed by atoms with van der Waals surface area (Å²) >= 11 is 6.18. The van der Waals surface area contributed by atoms with Gasteiger partial charge in [-0.3, -0.25) is 9.59 Å². The van der Waals surface area contributed by atoms with E-state index in [1.807, 2.05) is 14.1 Å². The van der Waals surface area contributed by atoms with Gasteiger partial charge in [0, 0.05) is 5.57 Å². The predicted octanol–water partition coefficient (Wildman–Crippen LogP) is 0.726. The number of carbonyl (C=O) groups is 2. The van der Waals surface area contributed by atoms with Gasteiger partial charge in [0.2, 0.25) is 5.78 Å². The molecule has 1 saturated heterocycles. The van der Waals surface area contributed by atoms with Gasteiger partial charge in [-0.15, -0.1) is 0 Å². The molecule has 1 atom stereocenters. The molecule has 1 aliphatic heterocycles. The molecular weight excluding hydrogens is 420 g/mol. The summed E-state index contributed by atoms with van der Waals surface area (Å²) in [6.07, 6.45) is 0. The smallest absolute Gasteiger partial charge is 0.295 e. The molecule has 0 saturated carbocycles. The second-order valence-corrected chi connectivity index (χ2v) is 7.96. The van der Waals surface area contributed by atoms with Crippen molar-refractivity contribution in [3.05, 3.63) is 64.2 Å². The molecule has 2 aromatic carbocycles. The molecule has 0 aromatic heterocycles. The van der Waals surface area contributed by atoms with Gasteiger partial charge in [0.15, 0.2) is 0 Å². The number of hydrogen-bond donors (Lipinski definition) is 1. The number of amides is 1. The first-order valence-corrected chi connectivity index (χ1v) is 10.2. The minimum atomic E-state index is -0.803. The summed E-state index contributed by atoms with van der Waals surface area (Å²) in [7, 11) is 6.92. The molecule has 0 aliphatic carbocycles. The summed E-state index contributed by atoms with van der Waals surface area (Å²) in [5.41, 5.74) is 0.762. The number of nitrogens with one attached hydrogen (secondary N) is 1. The van der Waals surface area contributed by atoms with E-state index in [0.29, 0.717) is 30.2 Å². The number of benzene rings is 2. The largest absolute Gasteiger partial charge is 0.872 e. The van der Waals surface area contributed by atoms with Crippen LogP contribution in [0.5, 0.6) is 11.5 Å². The van der Waals surface area contributed by atoms with Gasteiger partial charge in [0.1, 0.15) is 11.5 Å². The Balaban J connectivity index is 2.17. The molecule has 3 rings (SSSR count). The number of rotatable bonds is 7. The van der Waals surface area contributed by atoms with Crippen LogP contribution in [0.1, 0.15) is 17.2 Å². The number of nitrogens with zero attached hydrogens (tertiary/aromatic N) is 1. The van der Waals surface area contributed by atoms with Gasteiger partial charge in [0.25, 0.3) is 5.91 Å². The SMILES string of the molecule is COc1cccc(C2/C(=C(\[O-])c3ccc(OC)c(Cl)c3)C(=O)C(=O)N2CC[NH+](C)C)c1. The number of Topliss-reactive ketones (excluding diaryl/α,β-unsaturated/α-hetero) is 1. The van der Waals surface area contributed by atoms with Crippen molar-refractivity contribution in [2.24, 2.45) is 0 Å². The minimum absolute atomic E-state index is 0.0896. The van der Waals surface area contributed by atoms with E-state index in [9.17, 15) is 14.7 Å². The second kappa shape index (κ2) is 9.41. The van der Waals surface area contributed by atoms with Crippen LogP contribution in [0.2, 0.25) is 5.02 Å². The summed E-state index contributed by atoms with van der Waals surface area (Å²) < 4.78 is 10.4. The molecule has 31 heavy (non-hydrogen) atoms. The average molecular weight is 445 g/mol. The first-order chi connectivity index (χ1) is 14.8. The van der Waals surface area contributed by atoms with Crippen LogP contribution < -0.4 is 19.5 Å². The lowest BCUT2D eigenvalue weighted by atomic mass is 9.95. The number of methoxy groups -OCH3 is 2. The summed E-state index contributed by atoms with van der Waals surface area (Å²) in [6, 6.07) is 10.8. The van der Waals surface area contributed by atoms with E-state index < -0.39 is 23.5 Å². The van der Waals surface area contributed by atoms with Crippen LogP contribution in [0.3, 0.4) is 0 Å². The molecule has 1 fully saturated rings. The van der Waals surface area contributed by atoms with Gasteiger partial charge in [-0.1, -0.05) is 35.6 Å². The summed E-state index contributed by atoms with van der Waals surface area (Å²) in [4.78, 5) is 28.4. The fourth-order valence-corrected chi connectivity index (χ4v) is 3.82. The summed E-state index contributed by atoms with van der Waals surface area (Å²) in [5.74, 6) is -1.02. The maximum absolute atomic E-state index is 13.4. The van der Waals surface area contributed by atoms with Crippen molar-refractivity contribution >= 4 is 29.1 Å². The molecule has 0 bridgehead atoms. The molecule has 1 heterocycles. The number of carbonyl (C=O) groups excluding carboxylic acids is 2. The van der Waals surface area contributed by atoms with Crippen molar-refractivity contribution in [3.63, 3.8) is 0 Å². The molecule has 1 N–H and O–H groups in total. The summed E-state index contributed by atoms with van der Waals surface area (Å²) in [5, 5.41) is 13.7. The van der Waals surface area contributed by atoms with E-state index in [-0.39, 0.29) is 16.2 Å². The highest BCUT2D eigenvalue weighted by atomic mass is 35.5. The van der Waals surface area contributed by atoms with Crippen molar-refractivity contribution in [1.29, 1.82) is 0 Å². The van der Waals surface area contributed by atoms with E-state index in [4.69, 9.17) is 21.1 Å². The molecule has 164 valence electrons. The number of likely N-dealkylation sites (tertiary alicyclic amines) is 1. The zero-order valence-corrected chi connectivity index (χ0v) is 18.7. The van der Waals surface area contributed by atoms with Gasteiger partial charge >= 0.3 is 0 Å². The standard InChI is InChI=1S/C23H25ClN2O5/c1-25(2)10-11-26-20(14-6-5-7-16(12-14)30-3)19(22(28)23(26)29)21(27)15-8-9-18(31-4)17(24)13-15/h5-9,12-13,20,27H,10-11H2,1-4H3/b21-19+. The topological polar surface area (TPSA) is 83.3 Å². The van der Waals surface area contributed by atoms with Crippen LogP contribution in [-0.2, 0) is 9.59 Å². The molecule has 0 spiro atoms. The second-order valence-electron chi connectivity index (χ2n) is 7.56. The fourth-order valence-electron chi connectivity index (χ4n) is 3.57. The number of ether oxygens (including phenoxy) is 2. The number of halogens is 1. The average Bonchev–Trinajstić information content (AvgIpc) is 3.01. The van der Waals surface area contributed by atoms with Crippen molar-refractivity contribution in [2.45, 2.75) is 6.04 Å². The number of likely N-dealkylation sites (N-methyl/N-ethyl adjacent to an activating group) is 1. The van der Waals surface area contributed by atoms with Gasteiger partial charge in [-0.25, -0.2) is 0 Å². The molecule has 8 heteroatoms. The lowest BCUT2D eigenvalue weighted by molar-refractivity contribution is -0.857. The van der Waals surface area contributed by atoms with E-state index in [1.54, 1.807) is 30.3 Å². The van der Waals surface area contributed by atoms with Crippen LogP contribution >= 0.6 is 11.6 Å². The molecule has 1 unspecified atom stereocenters. The Labute approximate surface area is 186 Å². The summed E-state index contributed by atoms with van der Waals surface area (Å²) in [6.45, 7) is 0.949. The highest BCUT2D eigenvalue weighted by molar-refractivity contribution is 6.46. The predicted molar refractivity (Wildman–Crippen MR) is 115 cm³/mol. The van der Waals surface area contributed by atoms with Gasteiger partial charge < -0.3 is 24.4 Å². The van der Waals surface area contributed by atoms with Crippen LogP contribution in [0.15, 0.2) is 48.0 Å². The van der Waals surface area contributed by atoms with E-state index in [2.05, 4.69) is 0 Å². The molecule has 0 radical (unpaired) electrons. The Bertz CT molecular complexity index is 1030. The van der Waals surface area contributed by atoms with Crippen LogP contribution in [0, 0.1) is 0 Å². The zero-order valence-electron chi connectivity index (χ0n) is 17.9. The van der Waals surface area contributed by atoms with Crippen molar-refractivity contribution in [2.75, 3.05) is 41.4 Å². The van der Waals surface area contributed by atoms with Crippen LogP contribution in [0.25, 0.3) is 5.76 Å². The van der Waals surface area contributed by atoms with Crippen LogP contribution in [0.4, 0.5) is 0 Å². The molecule has 7 nitrogen and oxygen atoms in total. The Morgan fingerprint density at radius 3 is 2.48 bits per heavy atom. The Hall–Kier alpha value is -3.03. The normalized spacial score (nSPS) is 18.0. The maximum atomic E-state index is 13.4. The first kappa shape index (κ1) is 22.7. The van der Waals surface area contributed by atoms with E-state index in [0.717, 1.165) is 4.90 Å². The quantitative estimate of drug-likeness (QED) is 0.386. The third kappa shape index (κ3) is 4.52. The Morgan fingerprint density at radius 2 is 1.87 bits per heavy atom. The highest BCUT2D eigenvalue weighted by Gasteiger charge is 2.44. The lowest BCUT2D eigenvalue weighted by Gasteiger charge is -2.28. The number of hydrogen-bond acceptors (Lipinski definition) is 5. The molecule has 1 aliphatic rings. The van der Waals surface area contributed by atoms with Crippen LogP contribution in [-0.4, -0.2) is 58.0 Å². The number of ketones is 1. The lowest BCUT2D eigenvalue weighted by Crippen LogP contribution is -3.06. The zero-order chi connectivity index (χ0) is 22.7. The third-order valence-electron chi connectivity index (χ3n) is 5.21. The van der Waals surface area contributed by atoms with E-state index in [1.165, 1.54) is 31.3 Å².